The third kappa shape index (κ3) is 7.19. The van der Waals surface area contributed by atoms with Gasteiger partial charge in [-0.15, -0.1) is 0 Å². The van der Waals surface area contributed by atoms with Crippen molar-refractivity contribution in [2.24, 2.45) is 18.1 Å². The summed E-state index contributed by atoms with van der Waals surface area (Å²) in [5.74, 6) is 0.208. The molecule has 45 heavy (non-hydrogen) atoms. The normalized spacial score (nSPS) is 20.0. The van der Waals surface area contributed by atoms with Crippen LogP contribution in [0.5, 0.6) is 0 Å². The van der Waals surface area contributed by atoms with E-state index in [9.17, 15) is 15.3 Å². The summed E-state index contributed by atoms with van der Waals surface area (Å²) >= 11 is 0. The van der Waals surface area contributed by atoms with Gasteiger partial charge < -0.3 is 19.2 Å². The number of nitriles is 2. The van der Waals surface area contributed by atoms with Crippen LogP contribution in [-0.4, -0.2) is 77.0 Å². The minimum atomic E-state index is -0.409. The first-order chi connectivity index (χ1) is 21.5. The largest absolute Gasteiger partial charge is 0.390 e. The fourth-order valence-electron chi connectivity index (χ4n) is 6.41. The van der Waals surface area contributed by atoms with E-state index in [1.165, 1.54) is 10.1 Å². The van der Waals surface area contributed by atoms with Crippen LogP contribution in [-0.2, 0) is 18.4 Å². The number of likely N-dealkylation sites (N-methyl/N-ethyl adjacent to an activating group) is 1. The van der Waals surface area contributed by atoms with Crippen LogP contribution in [0, 0.1) is 28.6 Å². The number of piperazine rings is 1. The second kappa shape index (κ2) is 13.4. The number of fused-ring (bicyclic) bond motifs is 1. The molecule has 2 fully saturated rings. The molecule has 0 amide bonds. The zero-order chi connectivity index (χ0) is 32.3. The molecule has 0 bridgehead atoms. The van der Waals surface area contributed by atoms with Crippen LogP contribution in [0.1, 0.15) is 68.8 Å². The second-order valence-electron chi connectivity index (χ2n) is 13.4. The second-order valence-corrected chi connectivity index (χ2v) is 13.4. The van der Waals surface area contributed by atoms with Crippen LogP contribution in [0.2, 0.25) is 0 Å². The van der Waals surface area contributed by atoms with E-state index in [1.807, 2.05) is 32.7 Å². The molecule has 1 saturated heterocycles. The third-order valence-electron chi connectivity index (χ3n) is 9.09. The minimum absolute atomic E-state index is 0.0507. The molecule has 0 spiro atoms. The van der Waals surface area contributed by atoms with Crippen molar-refractivity contribution < 1.29 is 4.84 Å². The van der Waals surface area contributed by atoms with Crippen molar-refractivity contribution in [1.82, 2.24) is 19.4 Å². The lowest BCUT2D eigenvalue weighted by Gasteiger charge is -2.37. The average molecular weight is 609 g/mol. The van der Waals surface area contributed by atoms with Gasteiger partial charge in [0, 0.05) is 58.8 Å². The monoisotopic (exact) mass is 608 g/mol. The summed E-state index contributed by atoms with van der Waals surface area (Å²) in [6.45, 7) is 11.3. The molecule has 5 rings (SSSR count). The van der Waals surface area contributed by atoms with Gasteiger partial charge in [-0.25, -0.2) is 4.98 Å². The number of pyridine rings is 2. The molecule has 236 valence electrons. The Balaban J connectivity index is 1.37. The highest BCUT2D eigenvalue weighted by atomic mass is 16.6. The summed E-state index contributed by atoms with van der Waals surface area (Å²) in [4.78, 5) is 30.6. The van der Waals surface area contributed by atoms with Gasteiger partial charge in [0.1, 0.15) is 34.5 Å². The lowest BCUT2D eigenvalue weighted by Crippen LogP contribution is -2.43. The van der Waals surface area contributed by atoms with E-state index in [1.54, 1.807) is 19.2 Å². The number of anilines is 1. The van der Waals surface area contributed by atoms with Crippen molar-refractivity contribution in [1.29, 1.82) is 10.5 Å². The number of hydrogen-bond acceptors (Lipinski definition) is 9. The Bertz CT molecular complexity index is 1690. The Kier molecular flexibility index (Phi) is 9.57. The van der Waals surface area contributed by atoms with Gasteiger partial charge >= 0.3 is 0 Å². The van der Waals surface area contributed by atoms with Crippen LogP contribution in [0.3, 0.4) is 0 Å². The zero-order valence-electron chi connectivity index (χ0n) is 27.4. The highest BCUT2D eigenvalue weighted by Gasteiger charge is 2.31. The van der Waals surface area contributed by atoms with Crippen molar-refractivity contribution in [3.05, 3.63) is 69.1 Å². The molecule has 0 N–H and O–H groups in total. The molecule has 10 nitrogen and oxygen atoms in total. The molecular weight excluding hydrogens is 564 g/mol. The predicted octanol–water partition coefficient (Wildman–Crippen LogP) is 4.64. The Morgan fingerprint density at radius 3 is 2.27 bits per heavy atom. The highest BCUT2D eigenvalue weighted by Crippen LogP contribution is 2.35. The van der Waals surface area contributed by atoms with Crippen LogP contribution < -0.4 is 10.5 Å². The van der Waals surface area contributed by atoms with Gasteiger partial charge in [0.05, 0.1) is 16.9 Å². The molecule has 10 heteroatoms. The maximum Gasteiger partial charge on any atom is 0.270 e. The van der Waals surface area contributed by atoms with E-state index < -0.39 is 5.60 Å². The predicted molar refractivity (Wildman–Crippen MR) is 177 cm³/mol. The first kappa shape index (κ1) is 32.2. The molecule has 1 aromatic carbocycles. The fraction of sp³-hybridized carbons (Fsp3) is 0.514. The molecule has 0 atom stereocenters. The number of hydrogen-bond donors (Lipinski definition) is 0. The zero-order valence-corrected chi connectivity index (χ0v) is 27.4. The van der Waals surface area contributed by atoms with E-state index in [-0.39, 0.29) is 28.8 Å². The Labute approximate surface area is 266 Å². The number of nitrogens with zero attached hydrogens (tertiary/aromatic N) is 8. The first-order valence-electron chi connectivity index (χ1n) is 15.8. The smallest absolute Gasteiger partial charge is 0.270 e. The quantitative estimate of drug-likeness (QED) is 0.282. The summed E-state index contributed by atoms with van der Waals surface area (Å²) in [5, 5.41) is 24.3. The molecule has 0 unspecified atom stereocenters. The SMILES string of the molecule is CN1CCN(Cc2ccc(/C(=N\OC(C)(C)C)C3CCC(N(C)c4c(C#N)c(=O)n(C)c5ccc(C#N)nc45)CC3)cc2)CC1. The van der Waals surface area contributed by atoms with E-state index in [4.69, 9.17) is 9.99 Å². The van der Waals surface area contributed by atoms with Crippen molar-refractivity contribution in [2.45, 2.75) is 64.6 Å². The standard InChI is InChI=1S/C35H44N8O2/c1-35(2,3)45-39-31(25-9-7-24(8-10-25)23-43-19-17-40(4)18-20-43)26-11-14-28(15-12-26)41(5)33-29(22-37)34(44)42(6)30-16-13-27(21-36)38-32(30)33/h7-10,13,16,26,28H,11-12,14-15,17-20,23H2,1-6H3/b39-31+. The first-order valence-corrected chi connectivity index (χ1v) is 15.8. The minimum Gasteiger partial charge on any atom is -0.390 e. The van der Waals surface area contributed by atoms with E-state index in [0.717, 1.165) is 69.7 Å². The molecule has 1 aliphatic carbocycles. The van der Waals surface area contributed by atoms with Gasteiger partial charge in [-0.2, -0.15) is 10.5 Å². The summed E-state index contributed by atoms with van der Waals surface area (Å²) in [7, 11) is 5.74. The fourth-order valence-corrected chi connectivity index (χ4v) is 6.41. The summed E-state index contributed by atoms with van der Waals surface area (Å²) < 4.78 is 1.44. The number of rotatable bonds is 7. The van der Waals surface area contributed by atoms with Crippen molar-refractivity contribution in [3.63, 3.8) is 0 Å². The van der Waals surface area contributed by atoms with Gasteiger partial charge in [0.15, 0.2) is 0 Å². The van der Waals surface area contributed by atoms with Gasteiger partial charge in [-0.05, 0) is 76.8 Å². The van der Waals surface area contributed by atoms with Crippen LogP contribution >= 0.6 is 0 Å². The van der Waals surface area contributed by atoms with Crippen LogP contribution in [0.25, 0.3) is 11.0 Å². The molecule has 2 aliphatic rings. The number of aromatic nitrogens is 2. The van der Waals surface area contributed by atoms with Crippen LogP contribution in [0.4, 0.5) is 5.69 Å². The summed E-state index contributed by atoms with van der Waals surface area (Å²) in [6, 6.07) is 16.4. The molecule has 1 saturated carbocycles. The number of aryl methyl sites for hydroxylation is 1. The van der Waals surface area contributed by atoms with Crippen molar-refractivity contribution in [2.75, 3.05) is 45.2 Å². The van der Waals surface area contributed by atoms with Crippen molar-refractivity contribution >= 4 is 22.4 Å². The molecular formula is C35H44N8O2. The van der Waals surface area contributed by atoms with Crippen molar-refractivity contribution in [3.8, 4) is 12.1 Å². The van der Waals surface area contributed by atoms with E-state index >= 15 is 0 Å². The average Bonchev–Trinajstić information content (AvgIpc) is 3.03. The van der Waals surface area contributed by atoms with Gasteiger partial charge in [-0.3, -0.25) is 9.69 Å². The van der Waals surface area contributed by atoms with Gasteiger partial charge in [-0.1, -0.05) is 29.4 Å². The maximum absolute atomic E-state index is 13.2. The van der Waals surface area contributed by atoms with E-state index in [0.29, 0.717) is 16.7 Å². The van der Waals surface area contributed by atoms with E-state index in [2.05, 4.69) is 58.2 Å². The van der Waals surface area contributed by atoms with Gasteiger partial charge in [0.25, 0.3) is 5.56 Å². The molecule has 0 radical (unpaired) electrons. The Morgan fingerprint density at radius 2 is 1.67 bits per heavy atom. The third-order valence-corrected chi connectivity index (χ3v) is 9.09. The topological polar surface area (TPSA) is 114 Å². The van der Waals surface area contributed by atoms with Gasteiger partial charge in [0.2, 0.25) is 0 Å². The lowest BCUT2D eigenvalue weighted by atomic mass is 9.80. The number of oxime groups is 1. The summed E-state index contributed by atoms with van der Waals surface area (Å²) in [5.41, 5.74) is 4.46. The maximum atomic E-state index is 13.2. The summed E-state index contributed by atoms with van der Waals surface area (Å²) in [6.07, 6.45) is 3.45. The van der Waals surface area contributed by atoms with Crippen LogP contribution in [0.15, 0.2) is 46.3 Å². The molecule has 2 aromatic heterocycles. The molecule has 1 aliphatic heterocycles. The highest BCUT2D eigenvalue weighted by molar-refractivity contribution is 6.02. The molecule has 3 aromatic rings. The lowest BCUT2D eigenvalue weighted by molar-refractivity contribution is -0.0000298. The Morgan fingerprint density at radius 1 is 1.00 bits per heavy atom. The molecule has 3 heterocycles. The number of benzene rings is 1. The Hall–Kier alpha value is -4.25.